The molecule has 1 fully saturated rings. The number of morpholine rings is 1. The normalized spacial score (nSPS) is 14.7. The quantitative estimate of drug-likeness (QED) is 0.282. The van der Waals surface area contributed by atoms with Crippen LogP contribution >= 0.6 is 11.6 Å². The number of hydrogen-bond donors (Lipinski definition) is 2. The summed E-state index contributed by atoms with van der Waals surface area (Å²) in [6, 6.07) is 22.2. The van der Waals surface area contributed by atoms with Gasteiger partial charge in [0.1, 0.15) is 6.04 Å². The Morgan fingerprint density at radius 1 is 0.953 bits per heavy atom. The third-order valence-corrected chi connectivity index (χ3v) is 9.10. The number of nitrogens with zero attached hydrogens (tertiary/aromatic N) is 2. The molecule has 0 saturated carbocycles. The standard InChI is InChI=1S/C32H39ClN4O5S/c1-2-35-43(40,41)29-15-10-25(11-16-29)12-17-30(38)37(24-26-8-13-28(33)14-9-26)31(27-6-4-3-5-7-27)32(39)34-18-19-36-20-22-42-23-21-36/h3-11,13-16,31,35H,2,12,17-24H2,1H3,(H,34,39). The number of ether oxygens (including phenoxy) is 1. The van der Waals surface area contributed by atoms with Gasteiger partial charge in [-0.25, -0.2) is 13.1 Å². The minimum absolute atomic E-state index is 0.136. The fourth-order valence-electron chi connectivity index (χ4n) is 4.98. The summed E-state index contributed by atoms with van der Waals surface area (Å²) in [4.78, 5) is 31.8. The van der Waals surface area contributed by atoms with Crippen LogP contribution in [0.1, 0.15) is 36.1 Å². The second kappa shape index (κ2) is 16.0. The molecule has 1 aliphatic heterocycles. The van der Waals surface area contributed by atoms with Crippen LogP contribution < -0.4 is 10.0 Å². The maximum Gasteiger partial charge on any atom is 0.247 e. The van der Waals surface area contributed by atoms with E-state index in [1.54, 1.807) is 36.1 Å². The van der Waals surface area contributed by atoms with Crippen molar-refractivity contribution in [1.29, 1.82) is 0 Å². The first-order chi connectivity index (χ1) is 20.8. The van der Waals surface area contributed by atoms with Gasteiger partial charge in [-0.1, -0.05) is 73.1 Å². The van der Waals surface area contributed by atoms with Crippen LogP contribution in [-0.2, 0) is 37.3 Å². The molecule has 1 aliphatic rings. The van der Waals surface area contributed by atoms with E-state index in [1.165, 1.54) is 12.1 Å². The number of hydrogen-bond acceptors (Lipinski definition) is 6. The highest BCUT2D eigenvalue weighted by molar-refractivity contribution is 7.89. The van der Waals surface area contributed by atoms with Gasteiger partial charge in [0.25, 0.3) is 0 Å². The van der Waals surface area contributed by atoms with Crippen molar-refractivity contribution in [3.05, 3.63) is 101 Å². The van der Waals surface area contributed by atoms with Gasteiger partial charge in [0, 0.05) is 50.7 Å². The van der Waals surface area contributed by atoms with E-state index >= 15 is 0 Å². The van der Waals surface area contributed by atoms with E-state index in [1.807, 2.05) is 42.5 Å². The Kier molecular flexibility index (Phi) is 12.1. The summed E-state index contributed by atoms with van der Waals surface area (Å²) in [5.74, 6) is -0.448. The van der Waals surface area contributed by atoms with Gasteiger partial charge in [0.2, 0.25) is 21.8 Å². The molecule has 1 unspecified atom stereocenters. The molecular formula is C32H39ClN4O5S. The summed E-state index contributed by atoms with van der Waals surface area (Å²) in [5, 5.41) is 3.65. The molecule has 0 radical (unpaired) electrons. The van der Waals surface area contributed by atoms with E-state index in [4.69, 9.17) is 16.3 Å². The number of amides is 2. The summed E-state index contributed by atoms with van der Waals surface area (Å²) in [6.07, 6.45) is 0.523. The lowest BCUT2D eigenvalue weighted by molar-refractivity contribution is -0.141. The summed E-state index contributed by atoms with van der Waals surface area (Å²) < 4.78 is 32.5. The highest BCUT2D eigenvalue weighted by Gasteiger charge is 2.31. The topological polar surface area (TPSA) is 108 Å². The highest BCUT2D eigenvalue weighted by Crippen LogP contribution is 2.26. The number of benzene rings is 3. The van der Waals surface area contributed by atoms with E-state index in [2.05, 4.69) is 14.9 Å². The molecule has 1 saturated heterocycles. The van der Waals surface area contributed by atoms with E-state index in [0.29, 0.717) is 49.9 Å². The van der Waals surface area contributed by atoms with Gasteiger partial charge in [0.05, 0.1) is 18.1 Å². The summed E-state index contributed by atoms with van der Waals surface area (Å²) in [6.45, 7) is 6.38. The molecule has 2 N–H and O–H groups in total. The Balaban J connectivity index is 1.54. The predicted molar refractivity (Wildman–Crippen MR) is 167 cm³/mol. The Hall–Kier alpha value is -3.28. The molecule has 0 bridgehead atoms. The Morgan fingerprint density at radius 3 is 2.26 bits per heavy atom. The number of rotatable bonds is 14. The van der Waals surface area contributed by atoms with Gasteiger partial charge in [-0.15, -0.1) is 0 Å². The molecule has 0 aliphatic carbocycles. The van der Waals surface area contributed by atoms with E-state index in [0.717, 1.165) is 24.2 Å². The lowest BCUT2D eigenvalue weighted by atomic mass is 10.0. The van der Waals surface area contributed by atoms with E-state index < -0.39 is 16.1 Å². The molecular weight excluding hydrogens is 588 g/mol. The fraction of sp³-hybridized carbons (Fsp3) is 0.375. The van der Waals surface area contributed by atoms with Crippen LogP contribution in [0.5, 0.6) is 0 Å². The summed E-state index contributed by atoms with van der Waals surface area (Å²) >= 11 is 6.12. The number of aryl methyl sites for hydroxylation is 1. The van der Waals surface area contributed by atoms with Crippen molar-refractivity contribution < 1.29 is 22.7 Å². The van der Waals surface area contributed by atoms with Gasteiger partial charge in [-0.3, -0.25) is 14.5 Å². The smallest absolute Gasteiger partial charge is 0.247 e. The Bertz CT molecular complexity index is 1430. The largest absolute Gasteiger partial charge is 0.379 e. The van der Waals surface area contributed by atoms with Crippen molar-refractivity contribution in [3.8, 4) is 0 Å². The number of halogens is 1. The van der Waals surface area contributed by atoms with Crippen molar-refractivity contribution in [1.82, 2.24) is 19.8 Å². The fourth-order valence-corrected chi connectivity index (χ4v) is 6.15. The average molecular weight is 627 g/mol. The Morgan fingerprint density at radius 2 is 1.60 bits per heavy atom. The number of carbonyl (C=O) groups excluding carboxylic acids is 2. The van der Waals surface area contributed by atoms with Crippen LogP contribution in [0.25, 0.3) is 0 Å². The molecule has 4 rings (SSSR count). The molecule has 1 atom stereocenters. The van der Waals surface area contributed by atoms with Crippen LogP contribution in [0.2, 0.25) is 5.02 Å². The van der Waals surface area contributed by atoms with E-state index in [-0.39, 0.29) is 29.7 Å². The van der Waals surface area contributed by atoms with Crippen LogP contribution in [0.3, 0.4) is 0 Å². The maximum atomic E-state index is 13.9. The zero-order chi connectivity index (χ0) is 30.7. The third-order valence-electron chi connectivity index (χ3n) is 7.29. The van der Waals surface area contributed by atoms with Crippen LogP contribution in [0.4, 0.5) is 0 Å². The number of sulfonamides is 1. The first-order valence-electron chi connectivity index (χ1n) is 14.5. The van der Waals surface area contributed by atoms with Gasteiger partial charge in [0.15, 0.2) is 0 Å². The molecule has 9 nitrogen and oxygen atoms in total. The molecule has 1 heterocycles. The molecule has 43 heavy (non-hydrogen) atoms. The van der Waals surface area contributed by atoms with Crippen LogP contribution in [0.15, 0.2) is 83.8 Å². The first-order valence-corrected chi connectivity index (χ1v) is 16.4. The second-order valence-corrected chi connectivity index (χ2v) is 12.6. The molecule has 0 spiro atoms. The SMILES string of the molecule is CCNS(=O)(=O)c1ccc(CCC(=O)N(Cc2ccc(Cl)cc2)C(C(=O)NCCN2CCOCC2)c2ccccc2)cc1. The van der Waals surface area contributed by atoms with Crippen molar-refractivity contribution in [2.24, 2.45) is 0 Å². The second-order valence-electron chi connectivity index (χ2n) is 10.4. The lowest BCUT2D eigenvalue weighted by Gasteiger charge is -2.32. The van der Waals surface area contributed by atoms with Crippen LogP contribution in [-0.4, -0.2) is 76.0 Å². The molecule has 230 valence electrons. The molecule has 3 aromatic rings. The lowest BCUT2D eigenvalue weighted by Crippen LogP contribution is -2.46. The highest BCUT2D eigenvalue weighted by atomic mass is 35.5. The van der Waals surface area contributed by atoms with Crippen molar-refractivity contribution >= 4 is 33.4 Å². The van der Waals surface area contributed by atoms with Crippen LogP contribution in [0, 0.1) is 0 Å². The average Bonchev–Trinajstić information content (AvgIpc) is 3.02. The third kappa shape index (κ3) is 9.61. The molecule has 3 aromatic carbocycles. The van der Waals surface area contributed by atoms with Gasteiger partial charge < -0.3 is 15.0 Å². The molecule has 11 heteroatoms. The molecule has 0 aromatic heterocycles. The summed E-state index contributed by atoms with van der Waals surface area (Å²) in [5.41, 5.74) is 2.38. The van der Waals surface area contributed by atoms with Crippen molar-refractivity contribution in [2.45, 2.75) is 37.2 Å². The monoisotopic (exact) mass is 626 g/mol. The zero-order valence-corrected chi connectivity index (χ0v) is 25.9. The zero-order valence-electron chi connectivity index (χ0n) is 24.4. The maximum absolute atomic E-state index is 13.9. The van der Waals surface area contributed by atoms with Gasteiger partial charge in [-0.05, 0) is 47.4 Å². The first kappa shape index (κ1) is 32.6. The number of carbonyl (C=O) groups is 2. The Labute approximate surface area is 259 Å². The minimum Gasteiger partial charge on any atom is -0.379 e. The molecule has 2 amide bonds. The van der Waals surface area contributed by atoms with Crippen molar-refractivity contribution in [2.75, 3.05) is 45.9 Å². The number of nitrogens with one attached hydrogen (secondary N) is 2. The van der Waals surface area contributed by atoms with E-state index in [9.17, 15) is 18.0 Å². The van der Waals surface area contributed by atoms with Gasteiger partial charge >= 0.3 is 0 Å². The van der Waals surface area contributed by atoms with Gasteiger partial charge in [-0.2, -0.15) is 0 Å². The predicted octanol–water partition coefficient (Wildman–Crippen LogP) is 3.79. The summed E-state index contributed by atoms with van der Waals surface area (Å²) in [7, 11) is -3.56. The van der Waals surface area contributed by atoms with Crippen molar-refractivity contribution in [3.63, 3.8) is 0 Å². The minimum atomic E-state index is -3.56.